The van der Waals surface area contributed by atoms with Gasteiger partial charge in [-0.05, 0) is 68.2 Å². The molecule has 0 heterocycles. The summed E-state index contributed by atoms with van der Waals surface area (Å²) in [5.74, 6) is 0.732. The smallest absolute Gasteiger partial charge is 0.123 e. The normalized spacial score (nSPS) is 25.9. The molecule has 0 atom stereocenters. The zero-order chi connectivity index (χ0) is 14.8. The summed E-state index contributed by atoms with van der Waals surface area (Å²) < 4.78 is 13.6. The summed E-state index contributed by atoms with van der Waals surface area (Å²) in [7, 11) is 2.18. The third kappa shape index (κ3) is 3.76. The lowest BCUT2D eigenvalue weighted by Gasteiger charge is -2.36. The molecule has 2 nitrogen and oxygen atoms in total. The number of rotatable bonds is 5. The average molecular weight is 290 g/mol. The lowest BCUT2D eigenvalue weighted by atomic mass is 9.86. The molecule has 21 heavy (non-hydrogen) atoms. The highest BCUT2D eigenvalue weighted by Crippen LogP contribution is 2.31. The first-order chi connectivity index (χ1) is 10.1. The zero-order valence-electron chi connectivity index (χ0n) is 13.2. The molecule has 0 aliphatic heterocycles. The molecule has 0 bridgehead atoms. The second kappa shape index (κ2) is 6.35. The Morgan fingerprint density at radius 3 is 2.52 bits per heavy atom. The van der Waals surface area contributed by atoms with E-state index in [1.807, 2.05) is 6.07 Å². The number of nitrogens with zero attached hydrogens (tertiary/aromatic N) is 1. The maximum absolute atomic E-state index is 13.6. The first kappa shape index (κ1) is 14.8. The molecule has 0 radical (unpaired) electrons. The molecular formula is C18H27FN2. The van der Waals surface area contributed by atoms with Gasteiger partial charge in [0.2, 0.25) is 0 Å². The van der Waals surface area contributed by atoms with Crippen LogP contribution >= 0.6 is 0 Å². The van der Waals surface area contributed by atoms with Crippen LogP contribution in [0.1, 0.15) is 51.0 Å². The van der Waals surface area contributed by atoms with Gasteiger partial charge >= 0.3 is 0 Å². The molecule has 0 amide bonds. The van der Waals surface area contributed by atoms with Crippen molar-refractivity contribution in [3.05, 3.63) is 29.6 Å². The van der Waals surface area contributed by atoms with Crippen LogP contribution in [0.4, 0.5) is 10.1 Å². The van der Waals surface area contributed by atoms with Crippen LogP contribution in [0, 0.1) is 11.7 Å². The second-order valence-electron chi connectivity index (χ2n) is 6.95. The second-order valence-corrected chi connectivity index (χ2v) is 6.95. The van der Waals surface area contributed by atoms with Crippen molar-refractivity contribution in [1.82, 2.24) is 5.32 Å². The van der Waals surface area contributed by atoms with Crippen molar-refractivity contribution < 1.29 is 4.39 Å². The number of anilines is 1. The largest absolute Gasteiger partial charge is 0.371 e. The molecule has 0 spiro atoms. The van der Waals surface area contributed by atoms with Crippen LogP contribution in [-0.4, -0.2) is 19.1 Å². The van der Waals surface area contributed by atoms with Crippen LogP contribution in [0.25, 0.3) is 0 Å². The molecule has 3 rings (SSSR count). The van der Waals surface area contributed by atoms with Crippen LogP contribution in [0.3, 0.4) is 0 Å². The molecule has 1 aromatic rings. The van der Waals surface area contributed by atoms with Crippen molar-refractivity contribution in [3.63, 3.8) is 0 Å². The fourth-order valence-electron chi connectivity index (χ4n) is 3.41. The van der Waals surface area contributed by atoms with E-state index >= 15 is 0 Å². The van der Waals surface area contributed by atoms with E-state index in [4.69, 9.17) is 0 Å². The summed E-state index contributed by atoms with van der Waals surface area (Å²) in [5, 5.41) is 3.51. The lowest BCUT2D eigenvalue weighted by molar-refractivity contribution is 0.340. The fourth-order valence-corrected chi connectivity index (χ4v) is 3.41. The Bertz CT molecular complexity index is 476. The first-order valence-electron chi connectivity index (χ1n) is 8.38. The van der Waals surface area contributed by atoms with Gasteiger partial charge in [0.05, 0.1) is 0 Å². The molecular weight excluding hydrogens is 263 g/mol. The number of hydrogen-bond donors (Lipinski definition) is 1. The number of nitrogens with one attached hydrogen (secondary N) is 1. The maximum atomic E-state index is 13.6. The van der Waals surface area contributed by atoms with Gasteiger partial charge in [-0.3, -0.25) is 0 Å². The van der Waals surface area contributed by atoms with E-state index in [2.05, 4.69) is 24.2 Å². The van der Waals surface area contributed by atoms with E-state index in [-0.39, 0.29) is 5.82 Å². The first-order valence-corrected chi connectivity index (χ1v) is 8.38. The van der Waals surface area contributed by atoms with Crippen LogP contribution in [0.15, 0.2) is 18.2 Å². The topological polar surface area (TPSA) is 15.3 Å². The molecule has 3 heteroatoms. The summed E-state index contributed by atoms with van der Waals surface area (Å²) in [5.41, 5.74) is 2.30. The highest BCUT2D eigenvalue weighted by atomic mass is 19.1. The Morgan fingerprint density at radius 1 is 1.14 bits per heavy atom. The van der Waals surface area contributed by atoms with Gasteiger partial charge in [0.25, 0.3) is 0 Å². The molecule has 0 unspecified atom stereocenters. The van der Waals surface area contributed by atoms with Gasteiger partial charge in [-0.15, -0.1) is 0 Å². The van der Waals surface area contributed by atoms with E-state index in [1.54, 1.807) is 12.1 Å². The Hall–Kier alpha value is -1.09. The number of hydrogen-bond acceptors (Lipinski definition) is 2. The molecule has 0 aromatic heterocycles. The van der Waals surface area contributed by atoms with E-state index in [0.717, 1.165) is 18.0 Å². The van der Waals surface area contributed by atoms with Gasteiger partial charge in [-0.2, -0.15) is 0 Å². The van der Waals surface area contributed by atoms with Crippen molar-refractivity contribution in [1.29, 1.82) is 0 Å². The molecule has 2 aliphatic carbocycles. The SMILES string of the molecule is CC1CCC(N(C)c2ccc(F)cc2CNC2CC2)CC1. The minimum Gasteiger partial charge on any atom is -0.371 e. The summed E-state index contributed by atoms with van der Waals surface area (Å²) in [6.45, 7) is 3.13. The van der Waals surface area contributed by atoms with Gasteiger partial charge in [0.15, 0.2) is 0 Å². The lowest BCUT2D eigenvalue weighted by Crippen LogP contribution is -2.35. The maximum Gasteiger partial charge on any atom is 0.123 e. The van der Waals surface area contributed by atoms with E-state index in [1.165, 1.54) is 44.2 Å². The quantitative estimate of drug-likeness (QED) is 0.878. The van der Waals surface area contributed by atoms with Crippen molar-refractivity contribution in [2.75, 3.05) is 11.9 Å². The van der Waals surface area contributed by atoms with Crippen LogP contribution < -0.4 is 10.2 Å². The highest BCUT2D eigenvalue weighted by molar-refractivity contribution is 5.54. The molecule has 1 aromatic carbocycles. The van der Waals surface area contributed by atoms with E-state index < -0.39 is 0 Å². The molecule has 2 fully saturated rings. The summed E-state index contributed by atoms with van der Waals surface area (Å²) in [4.78, 5) is 2.38. The summed E-state index contributed by atoms with van der Waals surface area (Å²) in [6.07, 6.45) is 7.66. The zero-order valence-corrected chi connectivity index (χ0v) is 13.2. The number of benzene rings is 1. The Balaban J connectivity index is 1.72. The summed E-state index contributed by atoms with van der Waals surface area (Å²) in [6, 6.07) is 6.51. The van der Waals surface area contributed by atoms with Crippen molar-refractivity contribution in [2.24, 2.45) is 5.92 Å². The monoisotopic (exact) mass is 290 g/mol. The molecule has 1 N–H and O–H groups in total. The van der Waals surface area contributed by atoms with Crippen molar-refractivity contribution in [3.8, 4) is 0 Å². The molecule has 116 valence electrons. The molecule has 2 saturated carbocycles. The third-order valence-corrected chi connectivity index (χ3v) is 5.11. The Morgan fingerprint density at radius 2 is 1.86 bits per heavy atom. The summed E-state index contributed by atoms with van der Waals surface area (Å²) >= 11 is 0. The van der Waals surface area contributed by atoms with Gasteiger partial charge in [-0.25, -0.2) is 4.39 Å². The van der Waals surface area contributed by atoms with Crippen molar-refractivity contribution in [2.45, 2.75) is 64.1 Å². The van der Waals surface area contributed by atoms with E-state index in [0.29, 0.717) is 12.1 Å². The van der Waals surface area contributed by atoms with Gasteiger partial charge < -0.3 is 10.2 Å². The fraction of sp³-hybridized carbons (Fsp3) is 0.667. The van der Waals surface area contributed by atoms with Crippen LogP contribution in [0.5, 0.6) is 0 Å². The predicted octanol–water partition coefficient (Wildman–Crippen LogP) is 4.09. The van der Waals surface area contributed by atoms with Crippen molar-refractivity contribution >= 4 is 5.69 Å². The minimum absolute atomic E-state index is 0.128. The third-order valence-electron chi connectivity index (χ3n) is 5.11. The van der Waals surface area contributed by atoms with E-state index in [9.17, 15) is 4.39 Å². The van der Waals surface area contributed by atoms with Gasteiger partial charge in [0.1, 0.15) is 5.82 Å². The highest BCUT2D eigenvalue weighted by Gasteiger charge is 2.24. The van der Waals surface area contributed by atoms with Crippen LogP contribution in [-0.2, 0) is 6.54 Å². The van der Waals surface area contributed by atoms with Gasteiger partial charge in [0, 0.05) is 31.4 Å². The Labute approximate surface area is 127 Å². The number of halogens is 1. The predicted molar refractivity (Wildman–Crippen MR) is 86.1 cm³/mol. The van der Waals surface area contributed by atoms with Gasteiger partial charge in [-0.1, -0.05) is 6.92 Å². The molecule has 2 aliphatic rings. The minimum atomic E-state index is -0.128. The Kier molecular flexibility index (Phi) is 4.48. The molecule has 0 saturated heterocycles. The standard InChI is InChI=1S/C18H27FN2/c1-13-3-8-17(9-4-13)21(2)18-10-5-15(19)11-14(18)12-20-16-6-7-16/h5,10-11,13,16-17,20H,3-4,6-9,12H2,1-2H3. The van der Waals surface area contributed by atoms with Crippen LogP contribution in [0.2, 0.25) is 0 Å². The average Bonchev–Trinajstić information content (AvgIpc) is 3.29.